The molecule has 1 saturated carbocycles. The number of nitrogens with zero attached hydrogens (tertiary/aromatic N) is 3. The van der Waals surface area contributed by atoms with Crippen LogP contribution in [0.2, 0.25) is 0 Å². The van der Waals surface area contributed by atoms with Crippen LogP contribution in [0.5, 0.6) is 0 Å². The summed E-state index contributed by atoms with van der Waals surface area (Å²) >= 11 is 0. The molecule has 2 rings (SSSR count). The molecule has 0 amide bonds. The predicted octanol–water partition coefficient (Wildman–Crippen LogP) is 2.19. The Morgan fingerprint density at radius 2 is 2.21 bits per heavy atom. The maximum Gasteiger partial charge on any atom is 0.172 e. The Morgan fingerprint density at radius 1 is 1.47 bits per heavy atom. The summed E-state index contributed by atoms with van der Waals surface area (Å²) in [6.45, 7) is 2.29. The van der Waals surface area contributed by atoms with Gasteiger partial charge in [-0.15, -0.1) is 0 Å². The molecule has 1 aliphatic rings. The Morgan fingerprint density at radius 3 is 2.89 bits per heavy atom. The summed E-state index contributed by atoms with van der Waals surface area (Å²) in [6, 6.07) is 2.28. The molecule has 1 aromatic heterocycles. The number of anilines is 1. The number of aromatic nitrogens is 1. The van der Waals surface area contributed by atoms with Crippen molar-refractivity contribution in [3.63, 3.8) is 0 Å². The van der Waals surface area contributed by atoms with Gasteiger partial charge in [-0.25, -0.2) is 0 Å². The van der Waals surface area contributed by atoms with E-state index in [2.05, 4.69) is 29.0 Å². The molecule has 3 N–H and O–H groups in total. The monoisotopic (exact) mass is 262 g/mol. The Hall–Kier alpha value is -1.78. The van der Waals surface area contributed by atoms with Crippen molar-refractivity contribution in [2.75, 3.05) is 11.9 Å². The Bertz CT molecular complexity index is 461. The summed E-state index contributed by atoms with van der Waals surface area (Å²) in [5.74, 6) is 0.784. The van der Waals surface area contributed by atoms with Gasteiger partial charge in [-0.1, -0.05) is 24.9 Å². The fraction of sp³-hybridized carbons (Fsp3) is 0.571. The van der Waals surface area contributed by atoms with E-state index in [9.17, 15) is 0 Å². The first-order valence-electron chi connectivity index (χ1n) is 6.80. The zero-order valence-corrected chi connectivity index (χ0v) is 11.6. The number of rotatable bonds is 3. The van der Waals surface area contributed by atoms with Crippen molar-refractivity contribution in [2.45, 2.75) is 38.6 Å². The molecule has 0 spiro atoms. The van der Waals surface area contributed by atoms with Crippen LogP contribution < -0.4 is 10.6 Å². The lowest BCUT2D eigenvalue weighted by Crippen LogP contribution is -2.40. The van der Waals surface area contributed by atoms with E-state index < -0.39 is 0 Å². The van der Waals surface area contributed by atoms with Crippen LogP contribution in [0.15, 0.2) is 23.6 Å². The third-order valence-corrected chi connectivity index (χ3v) is 4.13. The van der Waals surface area contributed by atoms with Crippen molar-refractivity contribution in [1.29, 1.82) is 0 Å². The summed E-state index contributed by atoms with van der Waals surface area (Å²) in [6.07, 6.45) is 8.46. The molecular weight excluding hydrogens is 240 g/mol. The normalized spacial score (nSPS) is 24.2. The average Bonchev–Trinajstić information content (AvgIpc) is 2.46. The molecule has 19 heavy (non-hydrogen) atoms. The van der Waals surface area contributed by atoms with Crippen LogP contribution in [-0.2, 0) is 0 Å². The quantitative estimate of drug-likeness (QED) is 0.379. The second-order valence-electron chi connectivity index (χ2n) is 5.32. The number of oxime groups is 1. The molecule has 2 unspecified atom stereocenters. The zero-order valence-electron chi connectivity index (χ0n) is 11.6. The van der Waals surface area contributed by atoms with Crippen molar-refractivity contribution >= 4 is 11.5 Å². The highest BCUT2D eigenvalue weighted by Gasteiger charge is 2.26. The lowest BCUT2D eigenvalue weighted by atomic mass is 9.85. The van der Waals surface area contributed by atoms with E-state index in [1.165, 1.54) is 25.7 Å². The largest absolute Gasteiger partial charge is 0.409 e. The molecule has 0 radical (unpaired) electrons. The Kier molecular flexibility index (Phi) is 4.24. The first-order chi connectivity index (χ1) is 9.15. The minimum atomic E-state index is 0.132. The highest BCUT2D eigenvalue weighted by Crippen LogP contribution is 2.31. The van der Waals surface area contributed by atoms with Gasteiger partial charge in [0.25, 0.3) is 0 Å². The second kappa shape index (κ2) is 5.91. The van der Waals surface area contributed by atoms with Crippen LogP contribution in [0.1, 0.15) is 38.2 Å². The van der Waals surface area contributed by atoms with E-state index in [0.29, 0.717) is 12.0 Å². The minimum Gasteiger partial charge on any atom is -0.409 e. The standard InChI is InChI=1S/C14H22N4O/c1-10-5-3-4-6-12(10)18(2)13-9-16-8-7-11(13)14(15)17-19/h7-10,12,19H,3-6H2,1-2H3,(H2,15,17). The van der Waals surface area contributed by atoms with Gasteiger partial charge in [0.1, 0.15) is 0 Å². The summed E-state index contributed by atoms with van der Waals surface area (Å²) in [5, 5.41) is 12.0. The maximum absolute atomic E-state index is 8.88. The predicted molar refractivity (Wildman–Crippen MR) is 76.6 cm³/mol. The molecule has 1 aliphatic carbocycles. The van der Waals surface area contributed by atoms with E-state index >= 15 is 0 Å². The first kappa shape index (κ1) is 13.6. The SMILES string of the molecule is CC1CCCCC1N(C)c1cnccc1/C(N)=N/O. The highest BCUT2D eigenvalue weighted by molar-refractivity contribution is 6.02. The van der Waals surface area contributed by atoms with Crippen LogP contribution in [0.3, 0.4) is 0 Å². The molecule has 5 heteroatoms. The average molecular weight is 262 g/mol. The maximum atomic E-state index is 8.88. The van der Waals surface area contributed by atoms with Crippen LogP contribution in [-0.4, -0.2) is 29.1 Å². The molecule has 0 bridgehead atoms. The number of amidine groups is 1. The fourth-order valence-electron chi connectivity index (χ4n) is 2.99. The van der Waals surface area contributed by atoms with Gasteiger partial charge in [0.05, 0.1) is 11.9 Å². The van der Waals surface area contributed by atoms with Crippen molar-refractivity contribution in [3.8, 4) is 0 Å². The van der Waals surface area contributed by atoms with Crippen LogP contribution in [0.4, 0.5) is 5.69 Å². The number of hydrogen-bond donors (Lipinski definition) is 2. The third kappa shape index (κ3) is 2.80. The van der Waals surface area contributed by atoms with E-state index in [-0.39, 0.29) is 5.84 Å². The van der Waals surface area contributed by atoms with E-state index in [4.69, 9.17) is 10.9 Å². The van der Waals surface area contributed by atoms with E-state index in [1.807, 2.05) is 0 Å². The minimum absolute atomic E-state index is 0.132. The van der Waals surface area contributed by atoms with Gasteiger partial charge in [-0.3, -0.25) is 4.98 Å². The molecule has 5 nitrogen and oxygen atoms in total. The van der Waals surface area contributed by atoms with Gasteiger partial charge in [0.15, 0.2) is 5.84 Å². The Labute approximate surface area is 114 Å². The van der Waals surface area contributed by atoms with Crippen molar-refractivity contribution in [3.05, 3.63) is 24.0 Å². The number of pyridine rings is 1. The van der Waals surface area contributed by atoms with Gasteiger partial charge >= 0.3 is 0 Å². The topological polar surface area (TPSA) is 74.7 Å². The van der Waals surface area contributed by atoms with Gasteiger partial charge in [-0.05, 0) is 24.8 Å². The zero-order chi connectivity index (χ0) is 13.8. The van der Waals surface area contributed by atoms with Crippen LogP contribution >= 0.6 is 0 Å². The second-order valence-corrected chi connectivity index (χ2v) is 5.32. The highest BCUT2D eigenvalue weighted by atomic mass is 16.4. The molecule has 2 atom stereocenters. The van der Waals surface area contributed by atoms with Gasteiger partial charge in [-0.2, -0.15) is 0 Å². The third-order valence-electron chi connectivity index (χ3n) is 4.13. The number of nitrogens with two attached hydrogens (primary N) is 1. The molecule has 104 valence electrons. The van der Waals surface area contributed by atoms with Crippen molar-refractivity contribution in [2.24, 2.45) is 16.8 Å². The summed E-state index contributed by atoms with van der Waals surface area (Å²) < 4.78 is 0. The molecule has 1 aromatic rings. The Balaban J connectivity index is 2.30. The lowest BCUT2D eigenvalue weighted by Gasteiger charge is -2.38. The molecule has 0 saturated heterocycles. The van der Waals surface area contributed by atoms with E-state index in [0.717, 1.165) is 11.3 Å². The smallest absolute Gasteiger partial charge is 0.172 e. The van der Waals surface area contributed by atoms with Gasteiger partial charge in [0.2, 0.25) is 0 Å². The molecule has 1 fully saturated rings. The molecule has 0 aliphatic heterocycles. The summed E-state index contributed by atoms with van der Waals surface area (Å²) in [5.41, 5.74) is 7.40. The lowest BCUT2D eigenvalue weighted by molar-refractivity contribution is 0.318. The molecule has 1 heterocycles. The first-order valence-corrected chi connectivity index (χ1v) is 6.80. The summed E-state index contributed by atoms with van der Waals surface area (Å²) in [7, 11) is 2.07. The van der Waals surface area contributed by atoms with E-state index in [1.54, 1.807) is 18.5 Å². The van der Waals surface area contributed by atoms with Gasteiger partial charge in [0, 0.05) is 24.8 Å². The van der Waals surface area contributed by atoms with Gasteiger partial charge < -0.3 is 15.8 Å². The van der Waals surface area contributed by atoms with Crippen LogP contribution in [0.25, 0.3) is 0 Å². The van der Waals surface area contributed by atoms with Crippen molar-refractivity contribution in [1.82, 2.24) is 4.98 Å². The molecule has 0 aromatic carbocycles. The van der Waals surface area contributed by atoms with Crippen molar-refractivity contribution < 1.29 is 5.21 Å². The summed E-state index contributed by atoms with van der Waals surface area (Å²) in [4.78, 5) is 6.40. The molecular formula is C14H22N4O. The fourth-order valence-corrected chi connectivity index (χ4v) is 2.99. The number of hydrogen-bond acceptors (Lipinski definition) is 4. The van der Waals surface area contributed by atoms with Crippen LogP contribution in [0, 0.1) is 5.92 Å².